The molecule has 0 fully saturated rings. The summed E-state index contributed by atoms with van der Waals surface area (Å²) >= 11 is 0. The lowest BCUT2D eigenvalue weighted by atomic mass is 10.4. The third kappa shape index (κ3) is 2.43. The molecule has 1 rings (SSSR count). The average Bonchev–Trinajstić information content (AvgIpc) is 2.08. The molecule has 0 unspecified atom stereocenters. The first-order valence-corrected chi connectivity index (χ1v) is 3.98. The van der Waals surface area contributed by atoms with Crippen LogP contribution in [0.1, 0.15) is 5.69 Å². The third-order valence-electron chi connectivity index (χ3n) is 1.56. The monoisotopic (exact) mass is 181 g/mol. The van der Waals surface area contributed by atoms with E-state index in [1.807, 2.05) is 19.1 Å². The summed E-state index contributed by atoms with van der Waals surface area (Å²) in [6.07, 6.45) is 1.30. The Morgan fingerprint density at radius 1 is 1.46 bits per heavy atom. The van der Waals surface area contributed by atoms with Gasteiger partial charge in [0.1, 0.15) is 0 Å². The standard InChI is InChI=1S/C9H13N2O2/c1-8-6-4-5-7-11(8)13-9(12)10(2)3/h4-7H,1-3H3/q+1. The minimum atomic E-state index is -0.390. The lowest BCUT2D eigenvalue weighted by molar-refractivity contribution is -0.873. The van der Waals surface area contributed by atoms with Gasteiger partial charge in [-0.1, -0.05) is 0 Å². The van der Waals surface area contributed by atoms with Gasteiger partial charge in [-0.15, -0.1) is 0 Å². The molecule has 0 atom stereocenters. The lowest BCUT2D eigenvalue weighted by Gasteiger charge is -2.05. The third-order valence-corrected chi connectivity index (χ3v) is 1.56. The van der Waals surface area contributed by atoms with Gasteiger partial charge in [0, 0.05) is 37.9 Å². The first-order chi connectivity index (χ1) is 6.11. The summed E-state index contributed by atoms with van der Waals surface area (Å²) < 4.78 is 1.43. The van der Waals surface area contributed by atoms with Crippen molar-refractivity contribution in [3.05, 3.63) is 30.1 Å². The maximum absolute atomic E-state index is 11.1. The van der Waals surface area contributed by atoms with Crippen molar-refractivity contribution in [1.82, 2.24) is 4.90 Å². The number of pyridine rings is 1. The molecule has 0 aliphatic rings. The molecule has 1 amide bonds. The van der Waals surface area contributed by atoms with E-state index in [0.717, 1.165) is 5.69 Å². The van der Waals surface area contributed by atoms with Crippen molar-refractivity contribution >= 4 is 6.09 Å². The molecule has 1 aromatic rings. The molecular weight excluding hydrogens is 168 g/mol. The van der Waals surface area contributed by atoms with Crippen LogP contribution in [0.3, 0.4) is 0 Å². The van der Waals surface area contributed by atoms with E-state index in [4.69, 9.17) is 4.84 Å². The molecule has 0 aliphatic heterocycles. The molecule has 70 valence electrons. The van der Waals surface area contributed by atoms with E-state index in [1.165, 1.54) is 9.63 Å². The van der Waals surface area contributed by atoms with Crippen molar-refractivity contribution < 1.29 is 14.4 Å². The quantitative estimate of drug-likeness (QED) is 0.587. The molecule has 0 radical (unpaired) electrons. The maximum atomic E-state index is 11.1. The molecule has 4 nitrogen and oxygen atoms in total. The van der Waals surface area contributed by atoms with Gasteiger partial charge in [-0.3, -0.25) is 0 Å². The SMILES string of the molecule is Cc1cccc[n+]1OC(=O)N(C)C. The molecule has 0 aromatic carbocycles. The Labute approximate surface area is 77.3 Å². The molecule has 0 bridgehead atoms. The molecule has 4 heteroatoms. The second-order valence-electron chi connectivity index (χ2n) is 2.92. The lowest BCUT2D eigenvalue weighted by Crippen LogP contribution is -2.50. The van der Waals surface area contributed by atoms with E-state index >= 15 is 0 Å². The Hall–Kier alpha value is -1.58. The molecule has 0 N–H and O–H groups in total. The van der Waals surface area contributed by atoms with E-state index in [2.05, 4.69) is 0 Å². The summed E-state index contributed by atoms with van der Waals surface area (Å²) in [5.41, 5.74) is 0.873. The first kappa shape index (κ1) is 9.51. The van der Waals surface area contributed by atoms with Crippen molar-refractivity contribution in [2.45, 2.75) is 6.92 Å². The molecule has 13 heavy (non-hydrogen) atoms. The number of carbonyl (C=O) groups is 1. The van der Waals surface area contributed by atoms with Crippen molar-refractivity contribution in [3.63, 3.8) is 0 Å². The number of hydrogen-bond donors (Lipinski definition) is 0. The number of hydrogen-bond acceptors (Lipinski definition) is 2. The largest absolute Gasteiger partial charge is 0.477 e. The van der Waals surface area contributed by atoms with Gasteiger partial charge in [-0.2, -0.15) is 4.84 Å². The van der Waals surface area contributed by atoms with Crippen LogP contribution >= 0.6 is 0 Å². The maximum Gasteiger partial charge on any atom is 0.477 e. The van der Waals surface area contributed by atoms with Crippen LogP contribution in [-0.2, 0) is 0 Å². The predicted molar refractivity (Wildman–Crippen MR) is 47.0 cm³/mol. The number of carbonyl (C=O) groups excluding carboxylic acids is 1. The predicted octanol–water partition coefficient (Wildman–Crippen LogP) is 0.393. The van der Waals surface area contributed by atoms with E-state index in [9.17, 15) is 4.79 Å². The number of nitrogens with zero attached hydrogens (tertiary/aromatic N) is 2. The minimum absolute atomic E-state index is 0.390. The normalized spacial score (nSPS) is 9.46. The van der Waals surface area contributed by atoms with Gasteiger partial charge in [0.25, 0.3) is 0 Å². The number of aryl methyl sites for hydroxylation is 1. The number of amides is 1. The highest BCUT2D eigenvalue weighted by molar-refractivity contribution is 5.66. The average molecular weight is 181 g/mol. The van der Waals surface area contributed by atoms with Crippen LogP contribution in [0.5, 0.6) is 0 Å². The molecule has 0 saturated carbocycles. The second-order valence-corrected chi connectivity index (χ2v) is 2.92. The Bertz CT molecular complexity index is 310. The van der Waals surface area contributed by atoms with Crippen LogP contribution in [0.2, 0.25) is 0 Å². The van der Waals surface area contributed by atoms with Crippen molar-refractivity contribution in [2.24, 2.45) is 0 Å². The topological polar surface area (TPSA) is 33.4 Å². The summed E-state index contributed by atoms with van der Waals surface area (Å²) in [4.78, 5) is 17.5. The molecule has 0 saturated heterocycles. The highest BCUT2D eigenvalue weighted by Crippen LogP contribution is 1.86. The fourth-order valence-corrected chi connectivity index (χ4v) is 0.782. The molecule has 0 spiro atoms. The van der Waals surface area contributed by atoms with Crippen LogP contribution < -0.4 is 9.57 Å². The van der Waals surface area contributed by atoms with Crippen LogP contribution in [0.25, 0.3) is 0 Å². The highest BCUT2D eigenvalue weighted by Gasteiger charge is 2.14. The summed E-state index contributed by atoms with van der Waals surface area (Å²) in [5, 5.41) is 0. The summed E-state index contributed by atoms with van der Waals surface area (Å²) in [5.74, 6) is 0. The molecular formula is C9H13N2O2+. The zero-order valence-corrected chi connectivity index (χ0v) is 8.02. The van der Waals surface area contributed by atoms with E-state index in [1.54, 1.807) is 26.4 Å². The summed E-state index contributed by atoms with van der Waals surface area (Å²) in [6, 6.07) is 5.55. The van der Waals surface area contributed by atoms with Crippen LogP contribution in [0, 0.1) is 6.92 Å². The van der Waals surface area contributed by atoms with Gasteiger partial charge < -0.3 is 4.90 Å². The van der Waals surface area contributed by atoms with E-state index in [0.29, 0.717) is 0 Å². The van der Waals surface area contributed by atoms with Crippen LogP contribution in [-0.4, -0.2) is 25.1 Å². The summed E-state index contributed by atoms with van der Waals surface area (Å²) in [7, 11) is 3.28. The van der Waals surface area contributed by atoms with Gasteiger partial charge in [-0.05, 0) is 6.07 Å². The van der Waals surface area contributed by atoms with Crippen molar-refractivity contribution in [2.75, 3.05) is 14.1 Å². The smallest absolute Gasteiger partial charge is 0.309 e. The molecule has 1 heterocycles. The van der Waals surface area contributed by atoms with Gasteiger partial charge in [0.15, 0.2) is 0 Å². The van der Waals surface area contributed by atoms with Crippen LogP contribution in [0.15, 0.2) is 24.4 Å². The van der Waals surface area contributed by atoms with E-state index in [-0.39, 0.29) is 6.09 Å². The number of rotatable bonds is 1. The molecule has 0 aliphatic carbocycles. The zero-order chi connectivity index (χ0) is 9.84. The Morgan fingerprint density at radius 3 is 2.69 bits per heavy atom. The van der Waals surface area contributed by atoms with Gasteiger partial charge in [0.2, 0.25) is 11.9 Å². The fraction of sp³-hybridized carbons (Fsp3) is 0.333. The van der Waals surface area contributed by atoms with Crippen molar-refractivity contribution in [1.29, 1.82) is 0 Å². The van der Waals surface area contributed by atoms with Gasteiger partial charge in [-0.25, -0.2) is 4.79 Å². The Balaban J connectivity index is 2.75. The summed E-state index contributed by atoms with van der Waals surface area (Å²) in [6.45, 7) is 1.86. The minimum Gasteiger partial charge on any atom is -0.309 e. The second kappa shape index (κ2) is 3.89. The van der Waals surface area contributed by atoms with Gasteiger partial charge in [0.05, 0.1) is 0 Å². The van der Waals surface area contributed by atoms with Crippen molar-refractivity contribution in [3.8, 4) is 0 Å². The molecule has 1 aromatic heterocycles. The van der Waals surface area contributed by atoms with E-state index < -0.39 is 0 Å². The number of aromatic nitrogens is 1. The Kier molecular flexibility index (Phi) is 2.84. The van der Waals surface area contributed by atoms with Gasteiger partial charge >= 0.3 is 6.09 Å². The Morgan fingerprint density at radius 2 is 2.15 bits per heavy atom. The van der Waals surface area contributed by atoms with Crippen LogP contribution in [0.4, 0.5) is 4.79 Å². The highest BCUT2D eigenvalue weighted by atomic mass is 16.7. The fourth-order valence-electron chi connectivity index (χ4n) is 0.782. The first-order valence-electron chi connectivity index (χ1n) is 3.98. The zero-order valence-electron chi connectivity index (χ0n) is 8.02.